The van der Waals surface area contributed by atoms with E-state index in [0.29, 0.717) is 6.42 Å². The fourth-order valence-corrected chi connectivity index (χ4v) is 8.06. The summed E-state index contributed by atoms with van der Waals surface area (Å²) in [6.45, 7) is 7.47. The molecular weight excluding hydrogens is 384 g/mol. The summed E-state index contributed by atoms with van der Waals surface area (Å²) in [5.41, 5.74) is -6.81. The molecule has 0 radical (unpaired) electrons. The van der Waals surface area contributed by atoms with E-state index >= 15 is 0 Å². The van der Waals surface area contributed by atoms with Crippen LogP contribution in [0.25, 0.3) is 0 Å². The van der Waals surface area contributed by atoms with E-state index in [1.165, 1.54) is 6.92 Å². The molecule has 0 aromatic heterocycles. The van der Waals surface area contributed by atoms with E-state index in [1.807, 2.05) is 20.8 Å². The molecule has 158 valence electrons. The van der Waals surface area contributed by atoms with Crippen molar-refractivity contribution >= 4 is 17.9 Å². The molecule has 2 spiro atoms. The van der Waals surface area contributed by atoms with Gasteiger partial charge < -0.3 is 29.2 Å². The van der Waals surface area contributed by atoms with Gasteiger partial charge in [-0.3, -0.25) is 4.79 Å². The number of rotatable bonds is 0. The molecule has 2 aliphatic carbocycles. The second kappa shape index (κ2) is 4.48. The first-order valence-corrected chi connectivity index (χ1v) is 10.1. The highest BCUT2D eigenvalue weighted by molar-refractivity contribution is 5.93. The van der Waals surface area contributed by atoms with Crippen LogP contribution in [0, 0.1) is 28.1 Å². The van der Waals surface area contributed by atoms with Crippen LogP contribution in [0.15, 0.2) is 0 Å². The summed E-state index contributed by atoms with van der Waals surface area (Å²) in [5.74, 6) is -3.52. The molecule has 0 amide bonds. The average molecular weight is 408 g/mol. The van der Waals surface area contributed by atoms with Crippen molar-refractivity contribution in [3.05, 3.63) is 0 Å². The minimum Gasteiger partial charge on any atom is -0.459 e. The summed E-state index contributed by atoms with van der Waals surface area (Å²) in [4.78, 5) is 38.1. The fourth-order valence-electron chi connectivity index (χ4n) is 8.06. The molecule has 0 aromatic rings. The molecule has 2 N–H and O–H groups in total. The Morgan fingerprint density at radius 3 is 2.38 bits per heavy atom. The number of esters is 3. The SMILES string of the molecule is C[C@H]1C(=O)O[C@@H]2C[C@]34[C@@H]5C[C@@H](C(C)(C)C)[C@]36[C@H](OC(=O)[C@H]6O)O[C@@]4(C(=O)O5)[C@@]21O. The Morgan fingerprint density at radius 2 is 1.72 bits per heavy atom. The van der Waals surface area contributed by atoms with E-state index in [2.05, 4.69) is 0 Å². The first kappa shape index (κ1) is 18.1. The lowest BCUT2D eigenvalue weighted by molar-refractivity contribution is -0.238. The van der Waals surface area contributed by atoms with Crippen molar-refractivity contribution in [2.75, 3.05) is 0 Å². The van der Waals surface area contributed by atoms with Crippen LogP contribution in [-0.4, -0.2) is 63.9 Å². The molecule has 9 nitrogen and oxygen atoms in total. The second-order valence-corrected chi connectivity index (χ2v) is 10.6. The monoisotopic (exact) mass is 408 g/mol. The maximum Gasteiger partial charge on any atom is 0.342 e. The highest BCUT2D eigenvalue weighted by atomic mass is 16.8. The van der Waals surface area contributed by atoms with Crippen LogP contribution < -0.4 is 0 Å². The van der Waals surface area contributed by atoms with Gasteiger partial charge in [0.05, 0.1) is 16.7 Å². The van der Waals surface area contributed by atoms with Crippen molar-refractivity contribution in [3.63, 3.8) is 0 Å². The number of ether oxygens (including phenoxy) is 4. The van der Waals surface area contributed by atoms with Crippen LogP contribution in [0.3, 0.4) is 0 Å². The summed E-state index contributed by atoms with van der Waals surface area (Å²) in [7, 11) is 0. The van der Waals surface area contributed by atoms with Gasteiger partial charge in [0.15, 0.2) is 11.7 Å². The lowest BCUT2D eigenvalue weighted by Gasteiger charge is -2.46. The van der Waals surface area contributed by atoms with Crippen molar-refractivity contribution in [1.29, 1.82) is 0 Å². The molecule has 29 heavy (non-hydrogen) atoms. The third-order valence-electron chi connectivity index (χ3n) is 8.97. The van der Waals surface area contributed by atoms with Crippen LogP contribution in [0.5, 0.6) is 0 Å². The number of hydrogen-bond donors (Lipinski definition) is 2. The quantitative estimate of drug-likeness (QED) is 0.408. The predicted octanol–water partition coefficient (Wildman–Crippen LogP) is -0.340. The number of hydrogen-bond acceptors (Lipinski definition) is 9. The van der Waals surface area contributed by atoms with Gasteiger partial charge in [0, 0.05) is 6.42 Å². The van der Waals surface area contributed by atoms with Crippen molar-refractivity contribution < 1.29 is 43.5 Å². The van der Waals surface area contributed by atoms with Crippen molar-refractivity contribution in [2.45, 2.75) is 76.3 Å². The van der Waals surface area contributed by atoms with Crippen LogP contribution >= 0.6 is 0 Å². The van der Waals surface area contributed by atoms with Gasteiger partial charge in [0.2, 0.25) is 11.9 Å². The maximum absolute atomic E-state index is 13.3. The Morgan fingerprint density at radius 1 is 1.03 bits per heavy atom. The first-order valence-electron chi connectivity index (χ1n) is 10.1. The zero-order valence-electron chi connectivity index (χ0n) is 16.6. The average Bonchev–Trinajstić information content (AvgIpc) is 3.31. The number of carbonyl (C=O) groups excluding carboxylic acids is 3. The second-order valence-electron chi connectivity index (χ2n) is 10.6. The van der Waals surface area contributed by atoms with Crippen molar-refractivity contribution in [3.8, 4) is 0 Å². The Bertz CT molecular complexity index is 893. The fraction of sp³-hybridized carbons (Fsp3) is 0.850. The molecule has 6 aliphatic rings. The molecule has 2 saturated carbocycles. The van der Waals surface area contributed by atoms with Gasteiger partial charge in [0.25, 0.3) is 0 Å². The normalized spacial score (nSPS) is 59.2. The molecule has 0 bridgehead atoms. The summed E-state index contributed by atoms with van der Waals surface area (Å²) in [5, 5.41) is 23.0. The Labute approximate surface area is 166 Å². The van der Waals surface area contributed by atoms with Gasteiger partial charge in [-0.05, 0) is 24.7 Å². The summed E-state index contributed by atoms with van der Waals surface area (Å²) in [6.07, 6.45) is -3.96. The van der Waals surface area contributed by atoms with Crippen molar-refractivity contribution in [1.82, 2.24) is 0 Å². The van der Waals surface area contributed by atoms with Gasteiger partial charge in [-0.15, -0.1) is 0 Å². The number of carbonyl (C=O) groups is 3. The lowest BCUT2D eigenvalue weighted by atomic mass is 9.51. The Balaban J connectivity index is 1.68. The zero-order chi connectivity index (χ0) is 20.9. The third kappa shape index (κ3) is 1.35. The van der Waals surface area contributed by atoms with E-state index in [1.54, 1.807) is 0 Å². The minimum atomic E-state index is -1.97. The molecule has 4 heterocycles. The molecule has 0 unspecified atom stereocenters. The number of fused-ring (bicyclic) bond motifs is 1. The molecule has 4 aliphatic heterocycles. The van der Waals surface area contributed by atoms with Gasteiger partial charge in [-0.2, -0.15) is 0 Å². The summed E-state index contributed by atoms with van der Waals surface area (Å²) < 4.78 is 22.9. The lowest BCUT2D eigenvalue weighted by Crippen LogP contribution is -2.66. The van der Waals surface area contributed by atoms with E-state index in [-0.39, 0.29) is 17.8 Å². The molecule has 4 saturated heterocycles. The Hall–Kier alpha value is -1.71. The number of aliphatic hydroxyl groups is 2. The van der Waals surface area contributed by atoms with Crippen LogP contribution in [0.4, 0.5) is 0 Å². The largest absolute Gasteiger partial charge is 0.459 e. The molecular formula is C20H24O9. The number of aliphatic hydroxyl groups excluding tert-OH is 1. The highest BCUT2D eigenvalue weighted by Crippen LogP contribution is 2.84. The zero-order valence-corrected chi connectivity index (χ0v) is 16.6. The van der Waals surface area contributed by atoms with Crippen LogP contribution in [-0.2, 0) is 33.3 Å². The first-order chi connectivity index (χ1) is 13.4. The molecule has 6 rings (SSSR count). The van der Waals surface area contributed by atoms with E-state index in [0.717, 1.165) is 0 Å². The molecule has 10 atom stereocenters. The van der Waals surface area contributed by atoms with E-state index in [9.17, 15) is 24.6 Å². The van der Waals surface area contributed by atoms with Crippen molar-refractivity contribution in [2.24, 2.45) is 28.1 Å². The van der Waals surface area contributed by atoms with Gasteiger partial charge in [-0.25, -0.2) is 9.59 Å². The Kier molecular flexibility index (Phi) is 2.79. The van der Waals surface area contributed by atoms with E-state index in [4.69, 9.17) is 18.9 Å². The van der Waals surface area contributed by atoms with Gasteiger partial charge in [-0.1, -0.05) is 20.8 Å². The smallest absolute Gasteiger partial charge is 0.342 e. The maximum atomic E-state index is 13.3. The van der Waals surface area contributed by atoms with Crippen LogP contribution in [0.2, 0.25) is 0 Å². The molecule has 6 fully saturated rings. The molecule has 9 heteroatoms. The standard InChI is InChI=1S/C20H24O9/c1-7-12(22)26-10-6-17-9-5-8(16(2,3)4)18(17)11(21)13(23)28-15(18)29-20(17,14(24)27-9)19(7,10)25/h7-11,15,21,25H,5-6H2,1-4H3/t7-,8-,9-,10+,11+,15+,17-,18-,19-,20+/m0/s1. The minimum absolute atomic E-state index is 0.0623. The third-order valence-corrected chi connectivity index (χ3v) is 8.97. The highest BCUT2D eigenvalue weighted by Gasteiger charge is 3.01. The van der Waals surface area contributed by atoms with Gasteiger partial charge in [0.1, 0.15) is 12.2 Å². The van der Waals surface area contributed by atoms with Gasteiger partial charge >= 0.3 is 17.9 Å². The van der Waals surface area contributed by atoms with E-state index < -0.39 is 70.5 Å². The molecule has 0 aromatic carbocycles. The topological polar surface area (TPSA) is 129 Å². The summed E-state index contributed by atoms with van der Waals surface area (Å²) >= 11 is 0. The summed E-state index contributed by atoms with van der Waals surface area (Å²) in [6, 6.07) is 0. The predicted molar refractivity (Wildman–Crippen MR) is 90.6 cm³/mol. The van der Waals surface area contributed by atoms with Crippen LogP contribution in [0.1, 0.15) is 40.5 Å².